The van der Waals surface area contributed by atoms with Crippen LogP contribution in [-0.2, 0) is 0 Å². The number of hydrogen-bond donors (Lipinski definition) is 1. The van der Waals surface area contributed by atoms with Crippen molar-refractivity contribution in [2.45, 2.75) is 0 Å². The maximum atomic E-state index is 13.7. The van der Waals surface area contributed by atoms with E-state index in [9.17, 15) is 13.6 Å². The number of fused-ring (bicyclic) bond motifs is 2. The summed E-state index contributed by atoms with van der Waals surface area (Å²) >= 11 is 0. The van der Waals surface area contributed by atoms with Gasteiger partial charge in [0.2, 0.25) is 5.43 Å². The van der Waals surface area contributed by atoms with Crippen LogP contribution in [0.15, 0.2) is 33.5 Å². The van der Waals surface area contributed by atoms with Crippen molar-refractivity contribution < 1.29 is 13.2 Å². The van der Waals surface area contributed by atoms with Crippen LogP contribution in [0.1, 0.15) is 0 Å². The van der Waals surface area contributed by atoms with E-state index < -0.39 is 22.8 Å². The molecule has 0 atom stereocenters. The van der Waals surface area contributed by atoms with Crippen molar-refractivity contribution in [3.05, 3.63) is 46.1 Å². The molecule has 0 aromatic heterocycles. The maximum Gasteiger partial charge on any atom is 0.208 e. The first kappa shape index (κ1) is 10.6. The van der Waals surface area contributed by atoms with Crippen molar-refractivity contribution in [2.24, 2.45) is 0 Å². The molecule has 1 heterocycles. The van der Waals surface area contributed by atoms with Crippen LogP contribution >= 0.6 is 0 Å². The lowest BCUT2D eigenvalue weighted by molar-refractivity contribution is 0.575. The molecule has 4 nitrogen and oxygen atoms in total. The fourth-order valence-corrected chi connectivity index (χ4v) is 1.71. The van der Waals surface area contributed by atoms with Gasteiger partial charge in [0, 0.05) is 6.07 Å². The molecule has 3 rings (SSSR count). The first-order valence-electron chi connectivity index (χ1n) is 5.05. The summed E-state index contributed by atoms with van der Waals surface area (Å²) in [6, 6.07) is 5.12. The summed E-state index contributed by atoms with van der Waals surface area (Å²) in [5.41, 5.74) is 3.78. The van der Waals surface area contributed by atoms with Crippen LogP contribution in [0.2, 0.25) is 0 Å². The van der Waals surface area contributed by atoms with Gasteiger partial charge >= 0.3 is 0 Å². The normalized spacial score (nSPS) is 11.2. The number of halogens is 2. The van der Waals surface area contributed by atoms with Crippen LogP contribution in [0.25, 0.3) is 22.6 Å². The molecule has 1 aliphatic carbocycles. The number of nitrogen functional groups attached to an aromatic ring is 1. The highest BCUT2D eigenvalue weighted by Crippen LogP contribution is 2.28. The lowest BCUT2D eigenvalue weighted by atomic mass is 10.2. The van der Waals surface area contributed by atoms with Crippen molar-refractivity contribution in [3.8, 4) is 11.5 Å². The number of aromatic nitrogens is 1. The third-order valence-corrected chi connectivity index (χ3v) is 2.60. The second-order valence-electron chi connectivity index (χ2n) is 3.75. The van der Waals surface area contributed by atoms with E-state index >= 15 is 0 Å². The highest BCUT2D eigenvalue weighted by molar-refractivity contribution is 5.77. The molecule has 0 spiro atoms. The lowest BCUT2D eigenvalue weighted by Crippen LogP contribution is -2.12. The van der Waals surface area contributed by atoms with Gasteiger partial charge in [-0.25, -0.2) is 13.8 Å². The third-order valence-electron chi connectivity index (χ3n) is 2.60. The van der Waals surface area contributed by atoms with Crippen molar-refractivity contribution >= 4 is 16.8 Å². The van der Waals surface area contributed by atoms with E-state index in [1.807, 2.05) is 0 Å². The Bertz CT molecular complexity index is 798. The molecule has 1 aromatic carbocycles. The number of nitrogens with zero attached hydrogens (tertiary/aromatic N) is 1. The Kier molecular flexibility index (Phi) is 2.07. The number of anilines is 1. The number of rotatable bonds is 0. The summed E-state index contributed by atoms with van der Waals surface area (Å²) in [4.78, 5) is 15.1. The van der Waals surface area contributed by atoms with Crippen LogP contribution in [-0.4, -0.2) is 4.98 Å². The minimum atomic E-state index is -0.994. The van der Waals surface area contributed by atoms with Crippen LogP contribution in [0.3, 0.4) is 0 Å². The van der Waals surface area contributed by atoms with E-state index in [-0.39, 0.29) is 22.6 Å². The zero-order valence-electron chi connectivity index (χ0n) is 8.91. The fourth-order valence-electron chi connectivity index (χ4n) is 1.71. The summed E-state index contributed by atoms with van der Waals surface area (Å²) in [5.74, 6) is -1.70. The Hall–Kier alpha value is -2.50. The predicted octanol–water partition coefficient (Wildman–Crippen LogP) is 2.15. The molecule has 0 fully saturated rings. The summed E-state index contributed by atoms with van der Waals surface area (Å²) in [6.45, 7) is 0. The van der Waals surface area contributed by atoms with Crippen LogP contribution in [0, 0.1) is 11.6 Å². The topological polar surface area (TPSA) is 69.1 Å². The Labute approximate surface area is 99.0 Å². The molecule has 1 aromatic rings. The van der Waals surface area contributed by atoms with Gasteiger partial charge in [-0.05, 0) is 12.1 Å². The molecule has 2 aliphatic rings. The SMILES string of the molecule is Nc1c(F)c2nc3c(F)cccc3oc-2cc1=O. The van der Waals surface area contributed by atoms with Crippen LogP contribution < -0.4 is 11.2 Å². The van der Waals surface area contributed by atoms with Gasteiger partial charge in [0.05, 0.1) is 0 Å². The standard InChI is InChI=1S/C12H6F2N2O2/c13-5-2-1-3-7-11(5)16-12-8(18-7)4-6(17)10(15)9(12)14/h1-4H,15H2. The van der Waals surface area contributed by atoms with Crippen molar-refractivity contribution in [1.82, 2.24) is 4.98 Å². The molecular formula is C12H6F2N2O2. The van der Waals surface area contributed by atoms with Gasteiger partial charge in [0.1, 0.15) is 16.9 Å². The molecule has 18 heavy (non-hydrogen) atoms. The highest BCUT2D eigenvalue weighted by Gasteiger charge is 2.20. The zero-order chi connectivity index (χ0) is 12.9. The molecule has 0 bridgehead atoms. The fraction of sp³-hybridized carbons (Fsp3) is 0. The van der Waals surface area contributed by atoms with E-state index in [4.69, 9.17) is 10.2 Å². The van der Waals surface area contributed by atoms with Gasteiger partial charge in [0.25, 0.3) is 0 Å². The highest BCUT2D eigenvalue weighted by atomic mass is 19.1. The molecule has 0 radical (unpaired) electrons. The summed E-state index contributed by atoms with van der Waals surface area (Å²) < 4.78 is 32.5. The van der Waals surface area contributed by atoms with Crippen molar-refractivity contribution in [3.63, 3.8) is 0 Å². The Morgan fingerprint density at radius 3 is 2.83 bits per heavy atom. The third kappa shape index (κ3) is 1.35. The minimum absolute atomic E-state index is 0.0650. The number of para-hydroxylation sites is 1. The largest absolute Gasteiger partial charge is 0.452 e. The van der Waals surface area contributed by atoms with E-state index in [1.165, 1.54) is 18.2 Å². The molecule has 2 N–H and O–H groups in total. The molecule has 0 amide bonds. The van der Waals surface area contributed by atoms with Crippen LogP contribution in [0.5, 0.6) is 0 Å². The first-order valence-corrected chi connectivity index (χ1v) is 5.05. The van der Waals surface area contributed by atoms with Gasteiger partial charge in [0.15, 0.2) is 23.0 Å². The first-order chi connectivity index (χ1) is 8.58. The van der Waals surface area contributed by atoms with E-state index in [1.54, 1.807) is 0 Å². The second kappa shape index (κ2) is 3.49. The Morgan fingerprint density at radius 2 is 2.06 bits per heavy atom. The van der Waals surface area contributed by atoms with Crippen molar-refractivity contribution in [1.29, 1.82) is 0 Å². The van der Waals surface area contributed by atoms with Gasteiger partial charge in [-0.15, -0.1) is 0 Å². The molecule has 1 aliphatic heterocycles. The predicted molar refractivity (Wildman–Crippen MR) is 61.2 cm³/mol. The average molecular weight is 248 g/mol. The number of hydrogen-bond acceptors (Lipinski definition) is 4. The quantitative estimate of drug-likeness (QED) is 0.489. The number of nitrogens with two attached hydrogens (primary N) is 1. The van der Waals surface area contributed by atoms with Gasteiger partial charge in [-0.2, -0.15) is 0 Å². The smallest absolute Gasteiger partial charge is 0.208 e. The Morgan fingerprint density at radius 1 is 1.28 bits per heavy atom. The zero-order valence-corrected chi connectivity index (χ0v) is 8.91. The maximum absolute atomic E-state index is 13.7. The monoisotopic (exact) mass is 248 g/mol. The second-order valence-corrected chi connectivity index (χ2v) is 3.75. The molecule has 0 saturated heterocycles. The van der Waals surface area contributed by atoms with E-state index in [2.05, 4.69) is 4.98 Å². The van der Waals surface area contributed by atoms with Gasteiger partial charge in [-0.3, -0.25) is 4.79 Å². The van der Waals surface area contributed by atoms with E-state index in [0.717, 1.165) is 6.07 Å². The average Bonchev–Trinajstić information content (AvgIpc) is 2.35. The minimum Gasteiger partial charge on any atom is -0.452 e. The molecule has 90 valence electrons. The summed E-state index contributed by atoms with van der Waals surface area (Å²) in [6.07, 6.45) is 0. The number of benzene rings is 2. The van der Waals surface area contributed by atoms with Gasteiger partial charge < -0.3 is 10.2 Å². The summed E-state index contributed by atoms with van der Waals surface area (Å²) in [7, 11) is 0. The van der Waals surface area contributed by atoms with E-state index in [0.29, 0.717) is 0 Å². The summed E-state index contributed by atoms with van der Waals surface area (Å²) in [5, 5.41) is 0. The van der Waals surface area contributed by atoms with Crippen molar-refractivity contribution in [2.75, 3.05) is 5.73 Å². The molecular weight excluding hydrogens is 242 g/mol. The lowest BCUT2D eigenvalue weighted by Gasteiger charge is -2.08. The molecule has 0 unspecified atom stereocenters. The van der Waals surface area contributed by atoms with Crippen LogP contribution in [0.4, 0.5) is 14.5 Å². The van der Waals surface area contributed by atoms with Gasteiger partial charge in [-0.1, -0.05) is 6.07 Å². The molecule has 6 heteroatoms. The molecule has 0 saturated carbocycles. The Balaban J connectivity index is 2.55.